The molecule has 0 unspecified atom stereocenters. The van der Waals surface area contributed by atoms with Crippen LogP contribution in [0, 0.1) is 0 Å². The summed E-state index contributed by atoms with van der Waals surface area (Å²) in [5.74, 6) is 0.0526. The number of rotatable bonds is 3. The molecule has 0 spiro atoms. The number of carbonyl (C=O) groups is 1. The maximum Gasteiger partial charge on any atom is 0.316 e. The maximum atomic E-state index is 12.4. The van der Waals surface area contributed by atoms with Crippen molar-refractivity contribution in [1.82, 2.24) is 25.0 Å². The number of hydrogen-bond donors (Lipinski definition) is 0. The molecule has 0 saturated heterocycles. The van der Waals surface area contributed by atoms with Crippen molar-refractivity contribution in [1.29, 1.82) is 0 Å². The first kappa shape index (κ1) is 13.7. The van der Waals surface area contributed by atoms with E-state index in [0.717, 1.165) is 25.7 Å². The van der Waals surface area contributed by atoms with E-state index >= 15 is 0 Å². The third-order valence-electron chi connectivity index (χ3n) is 3.84. The molecule has 1 fully saturated rings. The lowest BCUT2D eigenvalue weighted by Gasteiger charge is -2.30. The second-order valence-corrected chi connectivity index (χ2v) is 5.22. The lowest BCUT2D eigenvalue weighted by atomic mass is 9.94. The lowest BCUT2D eigenvalue weighted by molar-refractivity contribution is 0.0646. The third-order valence-corrected chi connectivity index (χ3v) is 3.84. The van der Waals surface area contributed by atoms with Crippen LogP contribution in [-0.4, -0.2) is 44.0 Å². The van der Waals surface area contributed by atoms with Crippen molar-refractivity contribution in [2.45, 2.75) is 38.1 Å². The fraction of sp³-hybridized carbons (Fsp3) is 0.500. The predicted octanol–water partition coefficient (Wildman–Crippen LogP) is 1.93. The molecule has 0 N–H and O–H groups in total. The van der Waals surface area contributed by atoms with E-state index in [1.807, 2.05) is 0 Å². The van der Waals surface area contributed by atoms with Crippen LogP contribution >= 0.6 is 0 Å². The number of aromatic nitrogens is 4. The van der Waals surface area contributed by atoms with E-state index in [2.05, 4.69) is 20.1 Å². The van der Waals surface area contributed by atoms with E-state index in [4.69, 9.17) is 4.52 Å². The van der Waals surface area contributed by atoms with Crippen molar-refractivity contribution >= 4 is 5.91 Å². The van der Waals surface area contributed by atoms with Gasteiger partial charge in [0.25, 0.3) is 0 Å². The molecule has 0 radical (unpaired) electrons. The zero-order chi connectivity index (χ0) is 14.7. The molecule has 0 aliphatic heterocycles. The zero-order valence-electron chi connectivity index (χ0n) is 11.9. The van der Waals surface area contributed by atoms with Gasteiger partial charge in [-0.1, -0.05) is 24.4 Å². The van der Waals surface area contributed by atoms with Crippen LogP contribution in [-0.2, 0) is 0 Å². The van der Waals surface area contributed by atoms with Crippen LogP contribution in [0.5, 0.6) is 0 Å². The average Bonchev–Trinajstić information content (AvgIpc) is 3.05. The molecule has 2 heterocycles. The van der Waals surface area contributed by atoms with Gasteiger partial charge in [0.15, 0.2) is 0 Å². The molecular formula is C14H17N5O2. The van der Waals surface area contributed by atoms with Gasteiger partial charge in [0.05, 0.1) is 6.20 Å². The molecule has 110 valence electrons. The molecule has 1 saturated carbocycles. The van der Waals surface area contributed by atoms with Crippen molar-refractivity contribution < 1.29 is 9.32 Å². The SMILES string of the molecule is CN(C(=O)c1nc(-c2cnccn2)no1)C1CCCCC1. The minimum Gasteiger partial charge on any atom is -0.335 e. The molecule has 0 aromatic carbocycles. The standard InChI is InChI=1S/C14H17N5O2/c1-19(10-5-3-2-4-6-10)14(20)13-17-12(18-21-13)11-9-15-7-8-16-11/h7-10H,2-6H2,1H3. The highest BCUT2D eigenvalue weighted by Gasteiger charge is 2.27. The Hall–Kier alpha value is -2.31. The molecule has 21 heavy (non-hydrogen) atoms. The molecule has 7 heteroatoms. The Bertz CT molecular complexity index is 607. The van der Waals surface area contributed by atoms with Gasteiger partial charge in [-0.2, -0.15) is 4.98 Å². The van der Waals surface area contributed by atoms with E-state index in [1.54, 1.807) is 24.3 Å². The van der Waals surface area contributed by atoms with Crippen LogP contribution in [0.2, 0.25) is 0 Å². The van der Waals surface area contributed by atoms with Gasteiger partial charge in [0.1, 0.15) is 5.69 Å². The van der Waals surface area contributed by atoms with Crippen LogP contribution in [0.3, 0.4) is 0 Å². The average molecular weight is 287 g/mol. The van der Waals surface area contributed by atoms with Gasteiger partial charge in [0.2, 0.25) is 5.82 Å². The summed E-state index contributed by atoms with van der Waals surface area (Å²) in [5.41, 5.74) is 0.487. The summed E-state index contributed by atoms with van der Waals surface area (Å²) in [5, 5.41) is 3.80. The summed E-state index contributed by atoms with van der Waals surface area (Å²) in [7, 11) is 1.80. The summed E-state index contributed by atoms with van der Waals surface area (Å²) in [6.45, 7) is 0. The zero-order valence-corrected chi connectivity index (χ0v) is 11.9. The maximum absolute atomic E-state index is 12.4. The van der Waals surface area contributed by atoms with Crippen molar-refractivity contribution in [2.75, 3.05) is 7.05 Å². The monoisotopic (exact) mass is 287 g/mol. The van der Waals surface area contributed by atoms with Crippen LogP contribution < -0.4 is 0 Å². The number of hydrogen-bond acceptors (Lipinski definition) is 6. The van der Waals surface area contributed by atoms with E-state index in [9.17, 15) is 4.79 Å². The molecule has 2 aromatic rings. The predicted molar refractivity (Wildman–Crippen MR) is 74.3 cm³/mol. The number of carbonyl (C=O) groups excluding carboxylic acids is 1. The fourth-order valence-corrected chi connectivity index (χ4v) is 2.61. The van der Waals surface area contributed by atoms with Gasteiger partial charge in [-0.05, 0) is 12.8 Å². The Morgan fingerprint density at radius 1 is 1.29 bits per heavy atom. The first-order chi connectivity index (χ1) is 10.3. The van der Waals surface area contributed by atoms with Gasteiger partial charge >= 0.3 is 11.8 Å². The Morgan fingerprint density at radius 3 is 2.81 bits per heavy atom. The highest BCUT2D eigenvalue weighted by atomic mass is 16.5. The van der Waals surface area contributed by atoms with Gasteiger partial charge in [-0.25, -0.2) is 4.98 Å². The van der Waals surface area contributed by atoms with Crippen molar-refractivity contribution in [2.24, 2.45) is 0 Å². The molecular weight excluding hydrogens is 270 g/mol. The van der Waals surface area contributed by atoms with E-state index in [-0.39, 0.29) is 23.7 Å². The molecule has 0 bridgehead atoms. The van der Waals surface area contributed by atoms with Gasteiger partial charge in [-0.3, -0.25) is 9.78 Å². The van der Waals surface area contributed by atoms with Crippen molar-refractivity contribution in [3.63, 3.8) is 0 Å². The lowest BCUT2D eigenvalue weighted by Crippen LogP contribution is -2.38. The summed E-state index contributed by atoms with van der Waals surface area (Å²) in [4.78, 5) is 26.3. The quantitative estimate of drug-likeness (QED) is 0.857. The van der Waals surface area contributed by atoms with E-state index in [1.165, 1.54) is 12.6 Å². The van der Waals surface area contributed by atoms with Crippen molar-refractivity contribution in [3.8, 4) is 11.5 Å². The first-order valence-electron chi connectivity index (χ1n) is 7.13. The molecule has 1 amide bonds. The number of nitrogens with zero attached hydrogens (tertiary/aromatic N) is 5. The van der Waals surface area contributed by atoms with Crippen molar-refractivity contribution in [3.05, 3.63) is 24.5 Å². The normalized spacial score (nSPS) is 15.9. The van der Waals surface area contributed by atoms with Crippen LogP contribution in [0.25, 0.3) is 11.5 Å². The summed E-state index contributed by atoms with van der Waals surface area (Å²) >= 11 is 0. The molecule has 1 aliphatic carbocycles. The highest BCUT2D eigenvalue weighted by Crippen LogP contribution is 2.23. The van der Waals surface area contributed by atoms with Gasteiger partial charge in [-0.15, -0.1) is 0 Å². The molecule has 0 atom stereocenters. The second kappa shape index (κ2) is 5.99. The Kier molecular flexibility index (Phi) is 3.89. The Morgan fingerprint density at radius 2 is 2.10 bits per heavy atom. The van der Waals surface area contributed by atoms with Gasteiger partial charge in [0, 0.05) is 25.5 Å². The topological polar surface area (TPSA) is 85.0 Å². The summed E-state index contributed by atoms with van der Waals surface area (Å²) < 4.78 is 5.07. The Labute approximate surface area is 122 Å². The van der Waals surface area contributed by atoms with E-state index < -0.39 is 0 Å². The van der Waals surface area contributed by atoms with Gasteiger partial charge < -0.3 is 9.42 Å². The van der Waals surface area contributed by atoms with Crippen LogP contribution in [0.1, 0.15) is 42.8 Å². The minimum absolute atomic E-state index is 0.00345. The minimum atomic E-state index is -0.232. The highest BCUT2D eigenvalue weighted by molar-refractivity contribution is 5.90. The Balaban J connectivity index is 1.74. The first-order valence-corrected chi connectivity index (χ1v) is 7.13. The number of amides is 1. The fourth-order valence-electron chi connectivity index (χ4n) is 2.61. The molecule has 7 nitrogen and oxygen atoms in total. The largest absolute Gasteiger partial charge is 0.335 e. The van der Waals surface area contributed by atoms with E-state index in [0.29, 0.717) is 5.69 Å². The summed E-state index contributed by atoms with van der Waals surface area (Å²) in [6, 6.07) is 0.262. The van der Waals surface area contributed by atoms with Crippen LogP contribution in [0.15, 0.2) is 23.1 Å². The molecule has 2 aromatic heterocycles. The molecule has 3 rings (SSSR count). The van der Waals surface area contributed by atoms with Crippen LogP contribution in [0.4, 0.5) is 0 Å². The summed E-state index contributed by atoms with van der Waals surface area (Å²) in [6.07, 6.45) is 10.3. The third kappa shape index (κ3) is 2.91. The smallest absolute Gasteiger partial charge is 0.316 e. The second-order valence-electron chi connectivity index (χ2n) is 5.22. The molecule has 1 aliphatic rings.